The van der Waals surface area contributed by atoms with E-state index in [1.165, 1.54) is 19.3 Å². The number of ketones is 1. The minimum absolute atomic E-state index is 0.443. The highest BCUT2D eigenvalue weighted by atomic mass is 16.1. The minimum atomic E-state index is 0.443. The van der Waals surface area contributed by atoms with Crippen LogP contribution in [0.5, 0.6) is 0 Å². The fraction of sp³-hybridized carbons (Fsp3) is 0.786. The van der Waals surface area contributed by atoms with Gasteiger partial charge in [-0.15, -0.1) is 0 Å². The van der Waals surface area contributed by atoms with Gasteiger partial charge in [-0.05, 0) is 25.7 Å². The lowest BCUT2D eigenvalue weighted by Gasteiger charge is -1.97. The highest BCUT2D eigenvalue weighted by Crippen LogP contribution is 2.04. The molecule has 15 heavy (non-hydrogen) atoms. The van der Waals surface area contributed by atoms with Gasteiger partial charge >= 0.3 is 0 Å². The van der Waals surface area contributed by atoms with Crippen molar-refractivity contribution in [3.8, 4) is 0 Å². The number of hydrogen-bond acceptors (Lipinski definition) is 1. The monoisotopic (exact) mass is 210 g/mol. The van der Waals surface area contributed by atoms with Crippen molar-refractivity contribution in [3.63, 3.8) is 0 Å². The van der Waals surface area contributed by atoms with Crippen LogP contribution < -0.4 is 0 Å². The van der Waals surface area contributed by atoms with Crippen LogP contribution in [0.4, 0.5) is 0 Å². The summed E-state index contributed by atoms with van der Waals surface area (Å²) in [5, 5.41) is 0. The maximum absolute atomic E-state index is 11.3. The topological polar surface area (TPSA) is 17.1 Å². The summed E-state index contributed by atoms with van der Waals surface area (Å²) in [7, 11) is 0. The zero-order chi connectivity index (χ0) is 11.4. The Morgan fingerprint density at radius 3 is 2.00 bits per heavy atom. The predicted octanol–water partition coefficient (Wildman–Crippen LogP) is 4.66. The Hall–Kier alpha value is -0.590. The van der Waals surface area contributed by atoms with E-state index in [2.05, 4.69) is 26.0 Å². The summed E-state index contributed by atoms with van der Waals surface area (Å²) in [6.45, 7) is 4.34. The van der Waals surface area contributed by atoms with Gasteiger partial charge in [0.25, 0.3) is 0 Å². The van der Waals surface area contributed by atoms with E-state index in [9.17, 15) is 4.79 Å². The number of hydrogen-bond donors (Lipinski definition) is 0. The third-order valence-electron chi connectivity index (χ3n) is 2.53. The molecule has 0 amide bonds. The second kappa shape index (κ2) is 11.5. The van der Waals surface area contributed by atoms with E-state index in [4.69, 9.17) is 0 Å². The molecule has 0 aliphatic carbocycles. The van der Waals surface area contributed by atoms with E-state index in [0.717, 1.165) is 38.5 Å². The molecule has 0 bridgehead atoms. The average Bonchev–Trinajstić information content (AvgIpc) is 2.25. The molecule has 0 rings (SSSR count). The van der Waals surface area contributed by atoms with Crippen molar-refractivity contribution in [2.45, 2.75) is 71.6 Å². The molecule has 0 N–H and O–H groups in total. The lowest BCUT2D eigenvalue weighted by molar-refractivity contribution is -0.119. The first-order valence-electron chi connectivity index (χ1n) is 6.48. The zero-order valence-corrected chi connectivity index (χ0v) is 10.4. The van der Waals surface area contributed by atoms with Gasteiger partial charge in [0.05, 0.1) is 0 Å². The van der Waals surface area contributed by atoms with Crippen LogP contribution in [0.2, 0.25) is 0 Å². The number of unbranched alkanes of at least 4 members (excludes halogenated alkanes) is 4. The van der Waals surface area contributed by atoms with Crippen molar-refractivity contribution in [3.05, 3.63) is 12.2 Å². The Labute approximate surface area is 95.0 Å². The van der Waals surface area contributed by atoms with Gasteiger partial charge in [-0.25, -0.2) is 0 Å². The maximum Gasteiger partial charge on any atom is 0.132 e. The fourth-order valence-electron chi connectivity index (χ4n) is 1.47. The van der Waals surface area contributed by atoms with Crippen molar-refractivity contribution < 1.29 is 4.79 Å². The molecule has 0 aromatic carbocycles. The fourth-order valence-corrected chi connectivity index (χ4v) is 1.47. The summed E-state index contributed by atoms with van der Waals surface area (Å²) >= 11 is 0. The van der Waals surface area contributed by atoms with Crippen LogP contribution in [-0.2, 0) is 4.79 Å². The highest BCUT2D eigenvalue weighted by Gasteiger charge is 1.99. The van der Waals surface area contributed by atoms with Crippen molar-refractivity contribution in [1.29, 1.82) is 0 Å². The van der Waals surface area contributed by atoms with E-state index in [0.29, 0.717) is 5.78 Å². The van der Waals surface area contributed by atoms with Crippen molar-refractivity contribution in [1.82, 2.24) is 0 Å². The first-order chi connectivity index (χ1) is 7.31. The summed E-state index contributed by atoms with van der Waals surface area (Å²) in [4.78, 5) is 11.3. The zero-order valence-electron chi connectivity index (χ0n) is 10.4. The van der Waals surface area contributed by atoms with E-state index >= 15 is 0 Å². The minimum Gasteiger partial charge on any atom is -0.300 e. The number of Topliss-reactive ketones (excluding diaryl/α,β-unsaturated/α-hetero) is 1. The van der Waals surface area contributed by atoms with Gasteiger partial charge in [0.2, 0.25) is 0 Å². The third-order valence-corrected chi connectivity index (χ3v) is 2.53. The second-order valence-corrected chi connectivity index (χ2v) is 4.15. The quantitative estimate of drug-likeness (QED) is 0.378. The van der Waals surface area contributed by atoms with E-state index in [-0.39, 0.29) is 0 Å². The molecule has 0 saturated carbocycles. The first kappa shape index (κ1) is 14.4. The van der Waals surface area contributed by atoms with Gasteiger partial charge in [-0.3, -0.25) is 4.79 Å². The Balaban J connectivity index is 3.22. The molecule has 1 heteroatoms. The van der Waals surface area contributed by atoms with Gasteiger partial charge in [0.15, 0.2) is 0 Å². The lowest BCUT2D eigenvalue weighted by Crippen LogP contribution is -1.96. The molecule has 0 aromatic rings. The molecule has 0 atom stereocenters. The lowest BCUT2D eigenvalue weighted by atomic mass is 10.1. The standard InChI is InChI=1S/C14H26O/c1-3-5-7-8-9-10-11-13-14(15)12-6-4-2/h8-9H,3-7,10-13H2,1-2H3. The first-order valence-corrected chi connectivity index (χ1v) is 6.48. The van der Waals surface area contributed by atoms with Crippen LogP contribution in [0.15, 0.2) is 12.2 Å². The molecule has 0 saturated heterocycles. The summed E-state index contributed by atoms with van der Waals surface area (Å²) < 4.78 is 0. The van der Waals surface area contributed by atoms with Crippen molar-refractivity contribution in [2.75, 3.05) is 0 Å². The van der Waals surface area contributed by atoms with Gasteiger partial charge in [0, 0.05) is 12.8 Å². The van der Waals surface area contributed by atoms with Gasteiger partial charge in [-0.2, -0.15) is 0 Å². The molecule has 0 aliphatic heterocycles. The maximum atomic E-state index is 11.3. The summed E-state index contributed by atoms with van der Waals surface area (Å²) in [6, 6.07) is 0. The Morgan fingerprint density at radius 2 is 1.40 bits per heavy atom. The Bertz CT molecular complexity index is 170. The molecule has 0 aliphatic rings. The van der Waals surface area contributed by atoms with Crippen LogP contribution in [-0.4, -0.2) is 5.78 Å². The Morgan fingerprint density at radius 1 is 0.867 bits per heavy atom. The van der Waals surface area contributed by atoms with Gasteiger partial charge in [0.1, 0.15) is 5.78 Å². The molecular formula is C14H26O. The molecule has 1 nitrogen and oxygen atoms in total. The molecule has 0 unspecified atom stereocenters. The number of carbonyl (C=O) groups is 1. The molecule has 0 aromatic heterocycles. The van der Waals surface area contributed by atoms with Gasteiger partial charge < -0.3 is 0 Å². The SMILES string of the molecule is CCCCC=CCCCC(=O)CCCC. The molecule has 0 heterocycles. The molecule has 88 valence electrons. The number of carbonyl (C=O) groups excluding carboxylic acids is 1. The van der Waals surface area contributed by atoms with Crippen LogP contribution in [0.25, 0.3) is 0 Å². The number of allylic oxidation sites excluding steroid dienone is 2. The largest absolute Gasteiger partial charge is 0.300 e. The van der Waals surface area contributed by atoms with Crippen molar-refractivity contribution in [2.24, 2.45) is 0 Å². The Kier molecular flexibility index (Phi) is 11.0. The number of rotatable bonds is 10. The van der Waals surface area contributed by atoms with E-state index in [1.807, 2.05) is 0 Å². The van der Waals surface area contributed by atoms with Crippen LogP contribution >= 0.6 is 0 Å². The smallest absolute Gasteiger partial charge is 0.132 e. The van der Waals surface area contributed by atoms with Gasteiger partial charge in [-0.1, -0.05) is 45.3 Å². The van der Waals surface area contributed by atoms with Crippen LogP contribution in [0, 0.1) is 0 Å². The molecule has 0 radical (unpaired) electrons. The normalized spacial score (nSPS) is 11.1. The second-order valence-electron chi connectivity index (χ2n) is 4.15. The summed E-state index contributed by atoms with van der Waals surface area (Å²) in [6.07, 6.45) is 14.1. The predicted molar refractivity (Wildman–Crippen MR) is 67.0 cm³/mol. The summed E-state index contributed by atoms with van der Waals surface area (Å²) in [5.74, 6) is 0.443. The van der Waals surface area contributed by atoms with Crippen LogP contribution in [0.1, 0.15) is 71.6 Å². The van der Waals surface area contributed by atoms with Crippen molar-refractivity contribution >= 4 is 5.78 Å². The highest BCUT2D eigenvalue weighted by molar-refractivity contribution is 5.78. The van der Waals surface area contributed by atoms with Crippen LogP contribution in [0.3, 0.4) is 0 Å². The average molecular weight is 210 g/mol. The molecule has 0 fully saturated rings. The third kappa shape index (κ3) is 11.3. The van der Waals surface area contributed by atoms with E-state index in [1.54, 1.807) is 0 Å². The summed E-state index contributed by atoms with van der Waals surface area (Å²) in [5.41, 5.74) is 0. The van der Waals surface area contributed by atoms with E-state index < -0.39 is 0 Å². The molecule has 0 spiro atoms. The molecular weight excluding hydrogens is 184 g/mol.